The van der Waals surface area contributed by atoms with Crippen LogP contribution >= 0.6 is 0 Å². The van der Waals surface area contributed by atoms with Crippen LogP contribution < -0.4 is 10.1 Å². The number of hydrogen-bond donors (Lipinski definition) is 2. The van der Waals surface area contributed by atoms with E-state index >= 15 is 0 Å². The third kappa shape index (κ3) is 5.90. The number of fused-ring (bicyclic) bond motifs is 1. The van der Waals surface area contributed by atoms with Crippen LogP contribution in [0.25, 0.3) is 12.2 Å². The van der Waals surface area contributed by atoms with Crippen molar-refractivity contribution in [2.24, 2.45) is 11.8 Å². The van der Waals surface area contributed by atoms with Gasteiger partial charge in [0, 0.05) is 24.6 Å². The summed E-state index contributed by atoms with van der Waals surface area (Å²) in [7, 11) is 0. The second-order valence-corrected chi connectivity index (χ2v) is 11.4. The lowest BCUT2D eigenvalue weighted by atomic mass is 9.76. The van der Waals surface area contributed by atoms with Crippen LogP contribution in [0.3, 0.4) is 0 Å². The summed E-state index contributed by atoms with van der Waals surface area (Å²) < 4.78 is 5.75. The molecule has 4 aromatic rings. The Balaban J connectivity index is 1.32. The van der Waals surface area contributed by atoms with Crippen molar-refractivity contribution >= 4 is 35.6 Å². The Labute approximate surface area is 265 Å². The van der Waals surface area contributed by atoms with Crippen molar-refractivity contribution in [3.05, 3.63) is 142 Å². The zero-order chi connectivity index (χ0) is 32.3. The normalized spacial score (nSPS) is 22.3. The summed E-state index contributed by atoms with van der Waals surface area (Å²) in [6.45, 7) is 0.00658. The van der Waals surface area contributed by atoms with E-state index in [1.165, 1.54) is 24.3 Å². The fourth-order valence-corrected chi connectivity index (χ4v) is 6.40. The van der Waals surface area contributed by atoms with Crippen molar-refractivity contribution in [1.29, 1.82) is 0 Å². The Hall–Kier alpha value is -5.61. The summed E-state index contributed by atoms with van der Waals surface area (Å²) in [6, 6.07) is 31.0. The second kappa shape index (κ2) is 12.8. The van der Waals surface area contributed by atoms with E-state index < -0.39 is 46.1 Å². The lowest BCUT2D eigenvalue weighted by Gasteiger charge is -2.31. The molecule has 2 saturated heterocycles. The van der Waals surface area contributed by atoms with Gasteiger partial charge in [-0.1, -0.05) is 97.1 Å². The Morgan fingerprint density at radius 1 is 0.870 bits per heavy atom. The zero-order valence-electron chi connectivity index (χ0n) is 24.7. The highest BCUT2D eigenvalue weighted by atomic mass is 16.6. The number of nitro benzene ring substituents is 1. The van der Waals surface area contributed by atoms with Crippen LogP contribution in [0.15, 0.2) is 109 Å². The number of amides is 2. The molecule has 2 heterocycles. The van der Waals surface area contributed by atoms with Gasteiger partial charge in [0.15, 0.2) is 0 Å². The number of rotatable bonds is 11. The van der Waals surface area contributed by atoms with Gasteiger partial charge in [-0.2, -0.15) is 0 Å². The highest BCUT2D eigenvalue weighted by Crippen LogP contribution is 2.50. The molecule has 4 unspecified atom stereocenters. The maximum absolute atomic E-state index is 14.0. The molecule has 4 aromatic carbocycles. The summed E-state index contributed by atoms with van der Waals surface area (Å²) in [4.78, 5) is 52.9. The molecule has 0 spiro atoms. The van der Waals surface area contributed by atoms with E-state index in [0.717, 1.165) is 16.0 Å². The number of aliphatic carboxylic acids is 1. The maximum Gasteiger partial charge on any atom is 0.325 e. The fraction of sp³-hybridized carbons (Fsp3) is 0.194. The highest BCUT2D eigenvalue weighted by Gasteiger charge is 2.68. The summed E-state index contributed by atoms with van der Waals surface area (Å²) >= 11 is 0. The zero-order valence-corrected chi connectivity index (χ0v) is 24.7. The largest absolute Gasteiger partial charge is 0.492 e. The molecule has 2 N–H and O–H groups in total. The number of benzene rings is 4. The first-order valence-electron chi connectivity index (χ1n) is 14.9. The van der Waals surface area contributed by atoms with Crippen LogP contribution in [0, 0.1) is 22.0 Å². The Kier molecular flexibility index (Phi) is 8.45. The molecule has 2 fully saturated rings. The molecule has 0 aromatic heterocycles. The number of carbonyl (C=O) groups is 3. The summed E-state index contributed by atoms with van der Waals surface area (Å²) in [5, 5.41) is 25.1. The predicted molar refractivity (Wildman–Crippen MR) is 170 cm³/mol. The molecule has 46 heavy (non-hydrogen) atoms. The molecular formula is C36H31N3O7. The van der Waals surface area contributed by atoms with Gasteiger partial charge in [-0.15, -0.1) is 0 Å². The topological polar surface area (TPSA) is 139 Å². The van der Waals surface area contributed by atoms with E-state index in [9.17, 15) is 29.6 Å². The first-order valence-corrected chi connectivity index (χ1v) is 14.9. The third-order valence-electron chi connectivity index (χ3n) is 8.65. The van der Waals surface area contributed by atoms with Crippen LogP contribution in [-0.2, 0) is 20.8 Å². The third-order valence-corrected chi connectivity index (χ3v) is 8.65. The minimum absolute atomic E-state index is 0.0390. The lowest BCUT2D eigenvalue weighted by molar-refractivity contribution is -0.384. The van der Waals surface area contributed by atoms with E-state index in [0.29, 0.717) is 16.9 Å². The molecule has 10 nitrogen and oxygen atoms in total. The average Bonchev–Trinajstić information content (AvgIpc) is 3.54. The van der Waals surface area contributed by atoms with Gasteiger partial charge in [-0.05, 0) is 34.4 Å². The molecule has 0 aliphatic carbocycles. The van der Waals surface area contributed by atoms with Gasteiger partial charge in [-0.3, -0.25) is 34.7 Å². The minimum Gasteiger partial charge on any atom is -0.492 e. The number of imide groups is 1. The number of hydrogen-bond acceptors (Lipinski definition) is 7. The molecule has 0 radical (unpaired) electrons. The maximum atomic E-state index is 14.0. The molecule has 2 aliphatic heterocycles. The van der Waals surface area contributed by atoms with Gasteiger partial charge in [0.1, 0.15) is 17.9 Å². The molecule has 232 valence electrons. The molecule has 4 atom stereocenters. The van der Waals surface area contributed by atoms with E-state index in [4.69, 9.17) is 4.74 Å². The predicted octanol–water partition coefficient (Wildman–Crippen LogP) is 5.16. The van der Waals surface area contributed by atoms with Crippen molar-refractivity contribution in [1.82, 2.24) is 10.2 Å². The van der Waals surface area contributed by atoms with Crippen LogP contribution in [-0.4, -0.2) is 51.4 Å². The van der Waals surface area contributed by atoms with Crippen LogP contribution in [0.4, 0.5) is 5.69 Å². The first kappa shape index (κ1) is 30.4. The Bertz CT molecular complexity index is 1780. The van der Waals surface area contributed by atoms with Crippen molar-refractivity contribution in [2.45, 2.75) is 18.0 Å². The number of para-hydroxylation sites is 1. The minimum atomic E-state index is -1.85. The number of carboxylic acid groups (broad SMARTS) is 1. The van der Waals surface area contributed by atoms with Gasteiger partial charge < -0.3 is 9.84 Å². The average molecular weight is 618 g/mol. The van der Waals surface area contributed by atoms with Gasteiger partial charge in [0.25, 0.3) is 5.69 Å². The quantitative estimate of drug-likeness (QED) is 0.102. The lowest BCUT2D eigenvalue weighted by Crippen LogP contribution is -2.57. The highest BCUT2D eigenvalue weighted by molar-refractivity contribution is 6.09. The number of nitrogens with zero attached hydrogens (tertiary/aromatic N) is 2. The SMILES string of the molecule is O=C1C2C(c3ccc(C=Cc4ccccc4)cc3)NC(Cc3ccc([N+](=O)[O-])cc3)(C(=O)O)C2C(=O)N1CCOc1ccccc1. The Morgan fingerprint density at radius 3 is 2.09 bits per heavy atom. The smallest absolute Gasteiger partial charge is 0.325 e. The number of carboxylic acids is 1. The number of nitrogens with one attached hydrogen (secondary N) is 1. The molecule has 6 rings (SSSR count). The number of ether oxygens (including phenoxy) is 1. The van der Waals surface area contributed by atoms with Crippen molar-refractivity contribution in [2.75, 3.05) is 13.2 Å². The van der Waals surface area contributed by atoms with Crippen molar-refractivity contribution in [3.63, 3.8) is 0 Å². The van der Waals surface area contributed by atoms with Gasteiger partial charge >= 0.3 is 5.97 Å². The van der Waals surface area contributed by atoms with Crippen LogP contribution in [0.5, 0.6) is 5.75 Å². The summed E-state index contributed by atoms with van der Waals surface area (Å²) in [5.41, 5.74) is 1.11. The molecule has 10 heteroatoms. The van der Waals surface area contributed by atoms with E-state index in [1.54, 1.807) is 12.1 Å². The second-order valence-electron chi connectivity index (χ2n) is 11.4. The summed E-state index contributed by atoms with van der Waals surface area (Å²) in [6.07, 6.45) is 3.77. The van der Waals surface area contributed by atoms with Gasteiger partial charge in [-0.25, -0.2) is 0 Å². The Morgan fingerprint density at radius 2 is 1.48 bits per heavy atom. The molecule has 0 saturated carbocycles. The van der Waals surface area contributed by atoms with Crippen molar-refractivity contribution < 1.29 is 29.2 Å². The van der Waals surface area contributed by atoms with Crippen molar-refractivity contribution in [3.8, 4) is 5.75 Å². The summed E-state index contributed by atoms with van der Waals surface area (Å²) in [5.74, 6) is -3.95. The van der Waals surface area contributed by atoms with E-state index in [-0.39, 0.29) is 25.3 Å². The first-order chi connectivity index (χ1) is 22.3. The molecule has 0 bridgehead atoms. The number of likely N-dealkylation sites (tertiary alicyclic amines) is 1. The van der Waals surface area contributed by atoms with Crippen LogP contribution in [0.2, 0.25) is 0 Å². The van der Waals surface area contributed by atoms with Crippen LogP contribution in [0.1, 0.15) is 28.3 Å². The van der Waals surface area contributed by atoms with E-state index in [2.05, 4.69) is 5.32 Å². The van der Waals surface area contributed by atoms with Gasteiger partial charge in [0.05, 0.1) is 23.3 Å². The molecule has 2 aliphatic rings. The fourth-order valence-electron chi connectivity index (χ4n) is 6.40. The van der Waals surface area contributed by atoms with E-state index in [1.807, 2.05) is 84.9 Å². The number of nitro groups is 1. The van der Waals surface area contributed by atoms with Gasteiger partial charge in [0.2, 0.25) is 11.8 Å². The number of non-ortho nitro benzene ring substituents is 1. The number of carbonyl (C=O) groups excluding carboxylic acids is 2. The molecular weight excluding hydrogens is 586 g/mol. The monoisotopic (exact) mass is 617 g/mol. The molecule has 2 amide bonds. The standard InChI is InChI=1S/C36H31N3O7/c40-33-30-31(34(41)38(33)21-22-46-29-9-5-2-6-10-29)36(35(42)43,23-26-15-19-28(20-16-26)39(44)45)37-32(30)27-17-13-25(14-18-27)12-11-24-7-3-1-4-8-24/h1-20,30-32,37H,21-23H2,(H,42,43).